The molecule has 0 radical (unpaired) electrons. The Morgan fingerprint density at radius 3 is 2.40 bits per heavy atom. The lowest BCUT2D eigenvalue weighted by Crippen LogP contribution is -2.28. The number of carbonyl (C=O) groups is 1. The van der Waals surface area contributed by atoms with Crippen LogP contribution in [0, 0.1) is 10.1 Å². The van der Waals surface area contributed by atoms with Gasteiger partial charge in [-0.05, 0) is 47.9 Å². The SMILES string of the molecule is O=C(c1ccc([N+](=O)[O-])cc1)N1CCc2cc(S(=O)(=O)n3cc(-c4ccccc4)[nH]c3=O)ccc21. The Morgan fingerprint density at radius 2 is 1.71 bits per heavy atom. The summed E-state index contributed by atoms with van der Waals surface area (Å²) in [4.78, 5) is 39.7. The predicted molar refractivity (Wildman–Crippen MR) is 128 cm³/mol. The lowest BCUT2D eigenvalue weighted by atomic mass is 10.1. The number of anilines is 1. The van der Waals surface area contributed by atoms with Crippen LogP contribution in [0.5, 0.6) is 0 Å². The van der Waals surface area contributed by atoms with Gasteiger partial charge in [0, 0.05) is 29.9 Å². The number of H-pyrrole nitrogens is 1. The zero-order valence-corrected chi connectivity index (χ0v) is 18.9. The molecule has 2 heterocycles. The smallest absolute Gasteiger partial charge is 0.308 e. The number of rotatable bonds is 5. The number of aromatic nitrogens is 2. The van der Waals surface area contributed by atoms with Crippen molar-refractivity contribution in [2.45, 2.75) is 11.3 Å². The van der Waals surface area contributed by atoms with E-state index in [1.165, 1.54) is 53.6 Å². The minimum absolute atomic E-state index is 0.0680. The summed E-state index contributed by atoms with van der Waals surface area (Å²) in [5, 5.41) is 10.8. The zero-order valence-electron chi connectivity index (χ0n) is 18.1. The molecule has 0 fully saturated rings. The van der Waals surface area contributed by atoms with Gasteiger partial charge in [0.1, 0.15) is 0 Å². The molecular formula is C24H18N4O6S. The van der Waals surface area contributed by atoms with Crippen molar-refractivity contribution in [3.8, 4) is 11.3 Å². The lowest BCUT2D eigenvalue weighted by molar-refractivity contribution is -0.384. The highest BCUT2D eigenvalue weighted by Gasteiger charge is 2.29. The Balaban J connectivity index is 1.44. The maximum atomic E-state index is 13.2. The second-order valence-electron chi connectivity index (χ2n) is 7.94. The molecule has 1 aliphatic rings. The Kier molecular flexibility index (Phi) is 5.33. The fourth-order valence-corrected chi connectivity index (χ4v) is 5.33. The fraction of sp³-hybridized carbons (Fsp3) is 0.0833. The van der Waals surface area contributed by atoms with E-state index >= 15 is 0 Å². The average molecular weight is 490 g/mol. The number of imidazole rings is 1. The number of nitrogens with one attached hydrogen (secondary N) is 1. The third-order valence-corrected chi connectivity index (χ3v) is 7.49. The molecule has 0 bridgehead atoms. The second-order valence-corrected chi connectivity index (χ2v) is 9.76. The first kappa shape index (κ1) is 22.3. The van der Waals surface area contributed by atoms with Crippen LogP contribution in [0.25, 0.3) is 11.3 Å². The number of benzene rings is 3. The molecule has 1 N–H and O–H groups in total. The Bertz CT molecular complexity index is 1620. The molecule has 10 nitrogen and oxygen atoms in total. The first-order chi connectivity index (χ1) is 16.8. The minimum atomic E-state index is -4.18. The van der Waals surface area contributed by atoms with Gasteiger partial charge in [-0.15, -0.1) is 0 Å². The maximum Gasteiger partial charge on any atom is 0.340 e. The van der Waals surface area contributed by atoms with E-state index in [9.17, 15) is 28.1 Å². The quantitative estimate of drug-likeness (QED) is 0.337. The van der Waals surface area contributed by atoms with Gasteiger partial charge in [0.15, 0.2) is 0 Å². The van der Waals surface area contributed by atoms with E-state index in [-0.39, 0.29) is 22.1 Å². The van der Waals surface area contributed by atoms with Gasteiger partial charge < -0.3 is 9.88 Å². The molecule has 0 saturated carbocycles. The molecule has 1 aliphatic heterocycles. The van der Waals surface area contributed by atoms with Gasteiger partial charge in [0.2, 0.25) is 0 Å². The highest BCUT2D eigenvalue weighted by molar-refractivity contribution is 7.90. The number of hydrogen-bond donors (Lipinski definition) is 1. The molecule has 3 aromatic carbocycles. The molecular weight excluding hydrogens is 472 g/mol. The summed E-state index contributed by atoms with van der Waals surface area (Å²) < 4.78 is 27.1. The Morgan fingerprint density at radius 1 is 1.00 bits per heavy atom. The van der Waals surface area contributed by atoms with Crippen LogP contribution in [0.15, 0.2) is 88.7 Å². The van der Waals surface area contributed by atoms with Crippen molar-refractivity contribution < 1.29 is 18.1 Å². The van der Waals surface area contributed by atoms with E-state index < -0.39 is 20.6 Å². The summed E-state index contributed by atoms with van der Waals surface area (Å²) in [5.41, 5.74) is 1.64. The van der Waals surface area contributed by atoms with Gasteiger partial charge in [-0.25, -0.2) is 13.2 Å². The highest BCUT2D eigenvalue weighted by Crippen LogP contribution is 2.32. The molecule has 5 rings (SSSR count). The van der Waals surface area contributed by atoms with Gasteiger partial charge in [-0.2, -0.15) is 3.97 Å². The normalized spacial score (nSPS) is 13.0. The number of nitrogens with zero attached hydrogens (tertiary/aromatic N) is 3. The first-order valence-electron chi connectivity index (χ1n) is 10.6. The van der Waals surface area contributed by atoms with Gasteiger partial charge in [0.05, 0.1) is 21.7 Å². The van der Waals surface area contributed by atoms with Crippen LogP contribution in [0.3, 0.4) is 0 Å². The standard InChI is InChI=1S/C24H18N4O6S/c29-23(17-6-8-19(9-7-17)28(31)32)26-13-12-18-14-20(10-11-22(18)26)35(33,34)27-15-21(25-24(27)30)16-4-2-1-3-5-16/h1-11,14-15H,12-13H2,(H,25,30). The van der Waals surface area contributed by atoms with Crippen molar-refractivity contribution in [1.29, 1.82) is 0 Å². The van der Waals surface area contributed by atoms with E-state index in [4.69, 9.17) is 0 Å². The van der Waals surface area contributed by atoms with Crippen molar-refractivity contribution in [1.82, 2.24) is 8.96 Å². The number of aromatic amines is 1. The van der Waals surface area contributed by atoms with Gasteiger partial charge in [-0.1, -0.05) is 30.3 Å². The number of carbonyl (C=O) groups excluding carboxylic acids is 1. The summed E-state index contributed by atoms with van der Waals surface area (Å²) in [7, 11) is -4.18. The predicted octanol–water partition coefficient (Wildman–Crippen LogP) is 3.19. The maximum absolute atomic E-state index is 13.2. The molecule has 4 aromatic rings. The molecule has 1 aromatic heterocycles. The largest absolute Gasteiger partial charge is 0.340 e. The molecule has 35 heavy (non-hydrogen) atoms. The Hall–Kier alpha value is -4.51. The summed E-state index contributed by atoms with van der Waals surface area (Å²) in [5.74, 6) is -0.344. The fourth-order valence-electron chi connectivity index (χ4n) is 4.07. The average Bonchev–Trinajstić information content (AvgIpc) is 3.48. The third kappa shape index (κ3) is 3.91. The molecule has 0 spiro atoms. The van der Waals surface area contributed by atoms with E-state index in [0.717, 1.165) is 0 Å². The summed E-state index contributed by atoms with van der Waals surface area (Å²) in [6.07, 6.45) is 1.68. The van der Waals surface area contributed by atoms with E-state index in [2.05, 4.69) is 4.98 Å². The molecule has 0 unspecified atom stereocenters. The highest BCUT2D eigenvalue weighted by atomic mass is 32.2. The number of hydrogen-bond acceptors (Lipinski definition) is 6. The minimum Gasteiger partial charge on any atom is -0.308 e. The molecule has 0 aliphatic carbocycles. The van der Waals surface area contributed by atoms with Crippen molar-refractivity contribution in [2.24, 2.45) is 0 Å². The Labute approximate surface area is 199 Å². The summed E-state index contributed by atoms with van der Waals surface area (Å²) in [6.45, 7) is 0.330. The zero-order chi connectivity index (χ0) is 24.7. The van der Waals surface area contributed by atoms with E-state index in [1.54, 1.807) is 24.3 Å². The number of amides is 1. The van der Waals surface area contributed by atoms with Crippen LogP contribution in [-0.2, 0) is 16.4 Å². The number of non-ortho nitro benzene ring substituents is 1. The van der Waals surface area contributed by atoms with Crippen LogP contribution < -0.4 is 10.6 Å². The summed E-state index contributed by atoms with van der Waals surface area (Å²) >= 11 is 0. The monoisotopic (exact) mass is 490 g/mol. The lowest BCUT2D eigenvalue weighted by Gasteiger charge is -2.17. The van der Waals surface area contributed by atoms with Gasteiger partial charge in [0.25, 0.3) is 21.6 Å². The molecule has 0 saturated heterocycles. The van der Waals surface area contributed by atoms with Crippen LogP contribution in [0.2, 0.25) is 0 Å². The van der Waals surface area contributed by atoms with Crippen molar-refractivity contribution in [3.05, 3.63) is 111 Å². The van der Waals surface area contributed by atoms with Crippen molar-refractivity contribution >= 4 is 27.3 Å². The van der Waals surface area contributed by atoms with Crippen LogP contribution in [-0.4, -0.2) is 34.7 Å². The van der Waals surface area contributed by atoms with Crippen LogP contribution in [0.1, 0.15) is 15.9 Å². The van der Waals surface area contributed by atoms with E-state index in [1.807, 2.05) is 6.07 Å². The van der Waals surface area contributed by atoms with Crippen molar-refractivity contribution in [2.75, 3.05) is 11.4 Å². The molecule has 176 valence electrons. The topological polar surface area (TPSA) is 135 Å². The molecule has 1 amide bonds. The van der Waals surface area contributed by atoms with Gasteiger partial charge >= 0.3 is 5.69 Å². The third-order valence-electron chi connectivity index (χ3n) is 5.85. The summed E-state index contributed by atoms with van der Waals surface area (Å²) in [6, 6.07) is 18.6. The first-order valence-corrected chi connectivity index (χ1v) is 12.0. The molecule has 0 atom stereocenters. The van der Waals surface area contributed by atoms with E-state index in [0.29, 0.717) is 39.4 Å². The number of nitro groups is 1. The van der Waals surface area contributed by atoms with Crippen molar-refractivity contribution in [3.63, 3.8) is 0 Å². The number of fused-ring (bicyclic) bond motifs is 1. The molecule has 11 heteroatoms. The van der Waals surface area contributed by atoms with Crippen LogP contribution >= 0.6 is 0 Å². The van der Waals surface area contributed by atoms with Crippen LogP contribution in [0.4, 0.5) is 11.4 Å². The number of nitro benzene ring substituents is 1. The second kappa shape index (κ2) is 8.37. The van der Waals surface area contributed by atoms with Gasteiger partial charge in [-0.3, -0.25) is 14.9 Å².